The van der Waals surface area contributed by atoms with Crippen molar-refractivity contribution in [3.05, 3.63) is 38.3 Å². The molecule has 0 saturated heterocycles. The zero-order chi connectivity index (χ0) is 14.2. The average Bonchev–Trinajstić information content (AvgIpc) is 2.65. The largest absolute Gasteiger partial charge is 0.477 e. The van der Waals surface area contributed by atoms with Crippen LogP contribution >= 0.6 is 27.3 Å². The number of nitrogens with one attached hydrogen (secondary N) is 1. The number of thiazole rings is 1. The normalized spacial score (nSPS) is 10.5. The zero-order valence-electron chi connectivity index (χ0n) is 10.7. The topological polar surface area (TPSA) is 62.2 Å². The van der Waals surface area contributed by atoms with Gasteiger partial charge in [-0.3, -0.25) is 0 Å². The lowest BCUT2D eigenvalue weighted by Gasteiger charge is -2.11. The van der Waals surface area contributed by atoms with E-state index in [1.54, 1.807) is 6.92 Å². The summed E-state index contributed by atoms with van der Waals surface area (Å²) in [4.78, 5) is 15.5. The van der Waals surface area contributed by atoms with Crippen molar-refractivity contribution in [2.24, 2.45) is 0 Å². The molecule has 0 bridgehead atoms. The van der Waals surface area contributed by atoms with Gasteiger partial charge in [0.05, 0.1) is 5.69 Å². The van der Waals surface area contributed by atoms with E-state index in [4.69, 9.17) is 5.11 Å². The highest BCUT2D eigenvalue weighted by Crippen LogP contribution is 2.31. The van der Waals surface area contributed by atoms with Gasteiger partial charge in [-0.1, -0.05) is 27.3 Å². The molecule has 0 aliphatic carbocycles. The Bertz CT molecular complexity index is 629. The van der Waals surface area contributed by atoms with E-state index in [9.17, 15) is 4.79 Å². The summed E-state index contributed by atoms with van der Waals surface area (Å²) in [5.41, 5.74) is 3.66. The number of carboxylic acids is 1. The fourth-order valence-electron chi connectivity index (χ4n) is 1.86. The van der Waals surface area contributed by atoms with Crippen molar-refractivity contribution in [1.29, 1.82) is 0 Å². The van der Waals surface area contributed by atoms with Crippen molar-refractivity contribution in [2.45, 2.75) is 20.8 Å². The van der Waals surface area contributed by atoms with Crippen LogP contribution in [0.25, 0.3) is 0 Å². The summed E-state index contributed by atoms with van der Waals surface area (Å²) < 4.78 is 1.02. The van der Waals surface area contributed by atoms with Gasteiger partial charge in [0.2, 0.25) is 0 Å². The molecule has 1 aromatic heterocycles. The first-order valence-corrected chi connectivity index (χ1v) is 7.24. The Morgan fingerprint density at radius 3 is 2.37 bits per heavy atom. The second-order valence-electron chi connectivity index (χ2n) is 4.28. The molecule has 2 N–H and O–H groups in total. The molecule has 19 heavy (non-hydrogen) atoms. The summed E-state index contributed by atoms with van der Waals surface area (Å²) >= 11 is 4.60. The number of halogens is 1. The summed E-state index contributed by atoms with van der Waals surface area (Å²) in [5.74, 6) is -0.938. The first-order valence-electron chi connectivity index (χ1n) is 5.63. The van der Waals surface area contributed by atoms with Gasteiger partial charge in [0.25, 0.3) is 0 Å². The van der Waals surface area contributed by atoms with E-state index in [0.717, 1.165) is 32.6 Å². The minimum absolute atomic E-state index is 0.273. The second kappa shape index (κ2) is 5.30. The van der Waals surface area contributed by atoms with E-state index in [1.165, 1.54) is 0 Å². The van der Waals surface area contributed by atoms with Crippen LogP contribution in [0.1, 0.15) is 26.5 Å². The average molecular weight is 341 g/mol. The van der Waals surface area contributed by atoms with Crippen LogP contribution in [-0.4, -0.2) is 16.1 Å². The highest BCUT2D eigenvalue weighted by atomic mass is 79.9. The minimum atomic E-state index is -0.938. The van der Waals surface area contributed by atoms with E-state index >= 15 is 0 Å². The molecule has 1 aromatic carbocycles. The van der Waals surface area contributed by atoms with Crippen molar-refractivity contribution in [1.82, 2.24) is 4.98 Å². The predicted octanol–water partition coefficient (Wildman–Crippen LogP) is 4.27. The van der Waals surface area contributed by atoms with Crippen LogP contribution in [0.3, 0.4) is 0 Å². The molecule has 0 saturated carbocycles. The molecular formula is C13H13BrN2O2S. The summed E-state index contributed by atoms with van der Waals surface area (Å²) in [6, 6.07) is 4.02. The Hall–Kier alpha value is -1.40. The smallest absolute Gasteiger partial charge is 0.347 e. The number of benzene rings is 1. The maximum absolute atomic E-state index is 11.0. The molecule has 0 spiro atoms. The molecule has 0 unspecified atom stereocenters. The van der Waals surface area contributed by atoms with E-state index in [2.05, 4.69) is 26.2 Å². The van der Waals surface area contributed by atoms with Gasteiger partial charge in [0.15, 0.2) is 5.13 Å². The lowest BCUT2D eigenvalue weighted by molar-refractivity contribution is 0.0701. The highest BCUT2D eigenvalue weighted by Gasteiger charge is 2.15. The van der Waals surface area contributed by atoms with Gasteiger partial charge in [-0.05, 0) is 44.0 Å². The monoisotopic (exact) mass is 340 g/mol. The summed E-state index contributed by atoms with van der Waals surface area (Å²) in [7, 11) is 0. The number of rotatable bonds is 3. The molecule has 0 aliphatic heterocycles. The van der Waals surface area contributed by atoms with Crippen LogP contribution in [0.15, 0.2) is 16.6 Å². The fraction of sp³-hybridized carbons (Fsp3) is 0.231. The number of carboxylic acid groups (broad SMARTS) is 1. The molecule has 0 aliphatic rings. The van der Waals surface area contributed by atoms with Crippen LogP contribution in [0, 0.1) is 20.8 Å². The van der Waals surface area contributed by atoms with Gasteiger partial charge in [0, 0.05) is 10.2 Å². The van der Waals surface area contributed by atoms with Crippen LogP contribution in [0.4, 0.5) is 10.8 Å². The van der Waals surface area contributed by atoms with Crippen molar-refractivity contribution in [3.63, 3.8) is 0 Å². The third-order valence-corrected chi connectivity index (χ3v) is 4.24. The zero-order valence-corrected chi connectivity index (χ0v) is 13.1. The number of hydrogen-bond acceptors (Lipinski definition) is 4. The lowest BCUT2D eigenvalue weighted by Crippen LogP contribution is -1.96. The minimum Gasteiger partial charge on any atom is -0.477 e. The summed E-state index contributed by atoms with van der Waals surface area (Å²) in [6.45, 7) is 5.70. The number of aromatic nitrogens is 1. The molecule has 6 heteroatoms. The van der Waals surface area contributed by atoms with Crippen molar-refractivity contribution in [2.75, 3.05) is 5.32 Å². The van der Waals surface area contributed by atoms with Gasteiger partial charge in [-0.15, -0.1) is 0 Å². The van der Waals surface area contributed by atoms with Crippen molar-refractivity contribution in [3.8, 4) is 0 Å². The van der Waals surface area contributed by atoms with Gasteiger partial charge in [-0.25, -0.2) is 9.78 Å². The third-order valence-electron chi connectivity index (χ3n) is 2.72. The van der Waals surface area contributed by atoms with Gasteiger partial charge in [-0.2, -0.15) is 0 Å². The van der Waals surface area contributed by atoms with Gasteiger partial charge in [0.1, 0.15) is 4.88 Å². The molecular weight excluding hydrogens is 328 g/mol. The van der Waals surface area contributed by atoms with Crippen LogP contribution in [0.2, 0.25) is 0 Å². The number of anilines is 2. The quantitative estimate of drug-likeness (QED) is 0.875. The second-order valence-corrected chi connectivity index (χ2v) is 6.19. The SMILES string of the molecule is Cc1cc(Br)cc(C)c1Nc1nc(C)c(C(=O)O)s1. The maximum Gasteiger partial charge on any atom is 0.347 e. The number of aromatic carboxylic acids is 1. The standard InChI is InChI=1S/C13H13BrN2O2S/c1-6-4-9(14)5-7(2)10(6)16-13-15-8(3)11(19-13)12(17)18/h4-5H,1-3H3,(H,15,16)(H,17,18). The van der Waals surface area contributed by atoms with Crippen molar-refractivity contribution >= 4 is 44.1 Å². The van der Waals surface area contributed by atoms with Gasteiger partial charge < -0.3 is 10.4 Å². The molecule has 2 rings (SSSR count). The molecule has 4 nitrogen and oxygen atoms in total. The Balaban J connectivity index is 2.37. The summed E-state index contributed by atoms with van der Waals surface area (Å²) in [6.07, 6.45) is 0. The molecule has 2 aromatic rings. The van der Waals surface area contributed by atoms with Crippen LogP contribution in [0.5, 0.6) is 0 Å². The Labute approximate surface area is 123 Å². The first kappa shape index (κ1) is 14.0. The third kappa shape index (κ3) is 2.96. The Kier molecular flexibility index (Phi) is 3.91. The van der Waals surface area contributed by atoms with E-state index in [0.29, 0.717) is 10.8 Å². The molecule has 0 radical (unpaired) electrons. The summed E-state index contributed by atoms with van der Waals surface area (Å²) in [5, 5.41) is 12.8. The first-order chi connectivity index (χ1) is 8.88. The molecule has 0 amide bonds. The van der Waals surface area contributed by atoms with Gasteiger partial charge >= 0.3 is 5.97 Å². The number of carbonyl (C=O) groups is 1. The van der Waals surface area contributed by atoms with Crippen LogP contribution in [-0.2, 0) is 0 Å². The molecule has 1 heterocycles. The van der Waals surface area contributed by atoms with Crippen molar-refractivity contribution < 1.29 is 9.90 Å². The molecule has 100 valence electrons. The number of hydrogen-bond donors (Lipinski definition) is 2. The number of aryl methyl sites for hydroxylation is 3. The Morgan fingerprint density at radius 1 is 1.32 bits per heavy atom. The maximum atomic E-state index is 11.0. The number of nitrogens with zero attached hydrogens (tertiary/aromatic N) is 1. The Morgan fingerprint density at radius 2 is 1.89 bits per heavy atom. The lowest BCUT2D eigenvalue weighted by atomic mass is 10.1. The van der Waals surface area contributed by atoms with Crippen LogP contribution < -0.4 is 5.32 Å². The molecule has 0 atom stereocenters. The fourth-order valence-corrected chi connectivity index (χ4v) is 3.36. The molecule has 0 fully saturated rings. The van der Waals surface area contributed by atoms with E-state index in [-0.39, 0.29) is 4.88 Å². The van der Waals surface area contributed by atoms with E-state index < -0.39 is 5.97 Å². The van der Waals surface area contributed by atoms with E-state index in [1.807, 2.05) is 26.0 Å². The highest BCUT2D eigenvalue weighted by molar-refractivity contribution is 9.10. The predicted molar refractivity (Wildman–Crippen MR) is 80.7 cm³/mol.